The van der Waals surface area contributed by atoms with Crippen LogP contribution in [0.5, 0.6) is 0 Å². The van der Waals surface area contributed by atoms with Crippen LogP contribution in [0.2, 0.25) is 5.02 Å². The quantitative estimate of drug-likeness (QED) is 0.611. The van der Waals surface area contributed by atoms with E-state index in [1.54, 1.807) is 41.1 Å². The Kier molecular flexibility index (Phi) is 6.25. The first-order valence-corrected chi connectivity index (χ1v) is 12.9. The predicted molar refractivity (Wildman–Crippen MR) is 135 cm³/mol. The molecule has 4 aliphatic rings. The topological polar surface area (TPSA) is 90.4 Å². The SMILES string of the molecule is CC[C@@H](CO)N1C(=O)[C@@H]2[C@@H]3C(=O)N(C)CC=C[C@]3(CC)O[C@@]23C=CCN(c2ccc(Cl)cc2)C(=O)C13. The van der Waals surface area contributed by atoms with Gasteiger partial charge in [0, 0.05) is 30.8 Å². The lowest BCUT2D eigenvalue weighted by Crippen LogP contribution is -2.59. The van der Waals surface area contributed by atoms with Crippen LogP contribution in [0.4, 0.5) is 5.69 Å². The molecule has 0 saturated carbocycles. The monoisotopic (exact) mass is 513 g/mol. The lowest BCUT2D eigenvalue weighted by atomic mass is 9.73. The smallest absolute Gasteiger partial charge is 0.253 e. The highest BCUT2D eigenvalue weighted by atomic mass is 35.5. The molecule has 36 heavy (non-hydrogen) atoms. The third-order valence-corrected chi connectivity index (χ3v) is 8.54. The number of aliphatic hydroxyl groups is 1. The highest BCUT2D eigenvalue weighted by Crippen LogP contribution is 2.59. The number of likely N-dealkylation sites (tertiary alicyclic amines) is 1. The van der Waals surface area contributed by atoms with Gasteiger partial charge in [-0.1, -0.05) is 49.8 Å². The number of amides is 3. The van der Waals surface area contributed by atoms with Crippen molar-refractivity contribution in [2.75, 3.05) is 31.6 Å². The van der Waals surface area contributed by atoms with Gasteiger partial charge in [0.2, 0.25) is 11.8 Å². The molecule has 1 unspecified atom stereocenters. The maximum absolute atomic E-state index is 14.3. The molecule has 1 aromatic rings. The van der Waals surface area contributed by atoms with Crippen LogP contribution in [0, 0.1) is 11.8 Å². The number of hydrogen-bond acceptors (Lipinski definition) is 5. The maximum Gasteiger partial charge on any atom is 0.253 e. The van der Waals surface area contributed by atoms with Gasteiger partial charge in [0.1, 0.15) is 11.6 Å². The van der Waals surface area contributed by atoms with E-state index in [0.29, 0.717) is 30.1 Å². The second-order valence-electron chi connectivity index (χ2n) is 10.1. The fraction of sp³-hybridized carbons (Fsp3) is 0.519. The zero-order valence-corrected chi connectivity index (χ0v) is 21.5. The number of nitrogens with zero attached hydrogens (tertiary/aromatic N) is 3. The van der Waals surface area contributed by atoms with Gasteiger partial charge in [-0.3, -0.25) is 14.4 Å². The summed E-state index contributed by atoms with van der Waals surface area (Å²) in [4.78, 5) is 47.0. The van der Waals surface area contributed by atoms with Crippen LogP contribution in [-0.4, -0.2) is 82.7 Å². The average molecular weight is 514 g/mol. The summed E-state index contributed by atoms with van der Waals surface area (Å²) in [7, 11) is 1.72. The Bertz CT molecular complexity index is 1130. The minimum absolute atomic E-state index is 0.172. The molecule has 2 saturated heterocycles. The Hall–Kier alpha value is -2.68. The molecule has 4 heterocycles. The van der Waals surface area contributed by atoms with Crippen molar-refractivity contribution < 1.29 is 24.2 Å². The van der Waals surface area contributed by atoms with Crippen LogP contribution < -0.4 is 4.90 Å². The number of aliphatic hydroxyl groups excluding tert-OH is 1. The molecule has 0 aliphatic carbocycles. The van der Waals surface area contributed by atoms with Crippen molar-refractivity contribution in [1.82, 2.24) is 9.80 Å². The Morgan fingerprint density at radius 3 is 2.36 bits per heavy atom. The number of fused-ring (bicyclic) bond motifs is 2. The molecule has 1 N–H and O–H groups in total. The molecule has 0 bridgehead atoms. The van der Waals surface area contributed by atoms with Crippen molar-refractivity contribution in [3.05, 3.63) is 53.6 Å². The summed E-state index contributed by atoms with van der Waals surface area (Å²) in [5, 5.41) is 10.8. The number of likely N-dealkylation sites (N-methyl/N-ethyl adjacent to an activating group) is 1. The summed E-state index contributed by atoms with van der Waals surface area (Å²) in [6, 6.07) is 5.36. The molecule has 1 spiro atoms. The minimum Gasteiger partial charge on any atom is -0.394 e. The highest BCUT2D eigenvalue weighted by molar-refractivity contribution is 6.30. The first kappa shape index (κ1) is 25.0. The summed E-state index contributed by atoms with van der Waals surface area (Å²) in [6.07, 6.45) is 8.42. The van der Waals surface area contributed by atoms with Crippen LogP contribution in [0.3, 0.4) is 0 Å². The van der Waals surface area contributed by atoms with E-state index in [0.717, 1.165) is 0 Å². The van der Waals surface area contributed by atoms with Crippen molar-refractivity contribution in [3.63, 3.8) is 0 Å². The Balaban J connectivity index is 1.70. The van der Waals surface area contributed by atoms with Crippen molar-refractivity contribution in [2.45, 2.75) is 50.0 Å². The van der Waals surface area contributed by atoms with Crippen LogP contribution >= 0.6 is 11.6 Å². The summed E-state index contributed by atoms with van der Waals surface area (Å²) in [5.41, 5.74) is -1.70. The van der Waals surface area contributed by atoms with Gasteiger partial charge in [0.25, 0.3) is 5.91 Å². The van der Waals surface area contributed by atoms with E-state index in [4.69, 9.17) is 16.3 Å². The zero-order valence-electron chi connectivity index (χ0n) is 20.8. The van der Waals surface area contributed by atoms with Gasteiger partial charge >= 0.3 is 0 Å². The molecule has 8 nitrogen and oxygen atoms in total. The second kappa shape index (κ2) is 9.01. The molecule has 2 fully saturated rings. The Morgan fingerprint density at radius 2 is 1.72 bits per heavy atom. The number of benzene rings is 1. The van der Waals surface area contributed by atoms with Gasteiger partial charge in [-0.25, -0.2) is 0 Å². The van der Waals surface area contributed by atoms with Crippen LogP contribution in [-0.2, 0) is 19.1 Å². The number of anilines is 1. The predicted octanol–water partition coefficient (Wildman–Crippen LogP) is 2.40. The average Bonchev–Trinajstić information content (AvgIpc) is 3.17. The Labute approximate surface area is 216 Å². The van der Waals surface area contributed by atoms with Crippen LogP contribution in [0.1, 0.15) is 26.7 Å². The summed E-state index contributed by atoms with van der Waals surface area (Å²) in [5.74, 6) is -2.46. The van der Waals surface area contributed by atoms with Crippen molar-refractivity contribution >= 4 is 35.0 Å². The number of hydrogen-bond donors (Lipinski definition) is 1. The van der Waals surface area contributed by atoms with E-state index in [2.05, 4.69) is 0 Å². The molecular weight excluding hydrogens is 482 g/mol. The van der Waals surface area contributed by atoms with E-state index in [9.17, 15) is 19.5 Å². The van der Waals surface area contributed by atoms with Gasteiger partial charge in [-0.05, 0) is 37.1 Å². The number of halogens is 1. The molecule has 4 aliphatic heterocycles. The molecule has 5 rings (SSSR count). The van der Waals surface area contributed by atoms with Gasteiger partial charge < -0.3 is 24.5 Å². The number of ether oxygens (including phenoxy) is 1. The normalized spacial score (nSPS) is 34.4. The molecule has 0 radical (unpaired) electrons. The lowest BCUT2D eigenvalue weighted by molar-refractivity contribution is -0.152. The zero-order chi connectivity index (χ0) is 25.8. The summed E-state index contributed by atoms with van der Waals surface area (Å²) < 4.78 is 6.88. The Morgan fingerprint density at radius 1 is 1.03 bits per heavy atom. The van der Waals surface area contributed by atoms with Gasteiger partial charge in [0.15, 0.2) is 0 Å². The van der Waals surface area contributed by atoms with E-state index in [1.807, 2.05) is 38.2 Å². The summed E-state index contributed by atoms with van der Waals surface area (Å²) >= 11 is 6.08. The third kappa shape index (κ3) is 3.38. The maximum atomic E-state index is 14.3. The van der Waals surface area contributed by atoms with Gasteiger partial charge in [-0.2, -0.15) is 0 Å². The highest BCUT2D eigenvalue weighted by Gasteiger charge is 2.75. The van der Waals surface area contributed by atoms with Crippen molar-refractivity contribution in [3.8, 4) is 0 Å². The number of carbonyl (C=O) groups is 3. The van der Waals surface area contributed by atoms with E-state index < -0.39 is 35.1 Å². The summed E-state index contributed by atoms with van der Waals surface area (Å²) in [6.45, 7) is 4.22. The fourth-order valence-electron chi connectivity index (χ4n) is 6.48. The first-order valence-electron chi connectivity index (χ1n) is 12.5. The van der Waals surface area contributed by atoms with Crippen LogP contribution in [0.25, 0.3) is 0 Å². The standard InChI is InChI=1S/C27H32ClN3O5/c1-4-18(16-32)31-22-25(35)30(19-10-8-17(28)9-11-19)15-7-13-27(22)21(24(31)34)20-23(33)29(3)14-6-12-26(20,5-2)36-27/h6-13,18,20-22,32H,4-5,14-16H2,1-3H3/t18-,20+,21-,22?,26-,27-/m0/s1. The molecule has 1 aromatic carbocycles. The van der Waals surface area contributed by atoms with E-state index in [-0.39, 0.29) is 30.9 Å². The van der Waals surface area contributed by atoms with E-state index in [1.165, 1.54) is 4.90 Å². The number of carbonyl (C=O) groups excluding carboxylic acids is 3. The molecule has 6 atom stereocenters. The van der Waals surface area contributed by atoms with Gasteiger partial charge in [0.05, 0.1) is 30.1 Å². The van der Waals surface area contributed by atoms with Crippen molar-refractivity contribution in [1.29, 1.82) is 0 Å². The molecule has 9 heteroatoms. The minimum atomic E-state index is -1.34. The number of rotatable bonds is 5. The molecule has 192 valence electrons. The van der Waals surface area contributed by atoms with Gasteiger partial charge in [-0.15, -0.1) is 0 Å². The lowest BCUT2D eigenvalue weighted by Gasteiger charge is -2.40. The largest absolute Gasteiger partial charge is 0.394 e. The van der Waals surface area contributed by atoms with Crippen LogP contribution in [0.15, 0.2) is 48.6 Å². The van der Waals surface area contributed by atoms with Crippen molar-refractivity contribution in [2.24, 2.45) is 11.8 Å². The molecule has 0 aromatic heterocycles. The first-order chi connectivity index (χ1) is 17.2. The second-order valence-corrected chi connectivity index (χ2v) is 10.5. The molecular formula is C27H32ClN3O5. The fourth-order valence-corrected chi connectivity index (χ4v) is 6.61. The third-order valence-electron chi connectivity index (χ3n) is 8.29. The van der Waals surface area contributed by atoms with E-state index >= 15 is 0 Å². The molecule has 3 amide bonds.